The van der Waals surface area contributed by atoms with Crippen LogP contribution in [0.25, 0.3) is 10.6 Å². The van der Waals surface area contributed by atoms with Gasteiger partial charge in [0.2, 0.25) is 0 Å². The number of carboxylic acid groups (broad SMARTS) is 1. The molecule has 0 aliphatic rings. The number of aliphatic carboxylic acids is 1. The van der Waals surface area contributed by atoms with Gasteiger partial charge >= 0.3 is 5.97 Å². The zero-order valence-electron chi connectivity index (χ0n) is 14.1. The number of carboxylic acids is 1. The fourth-order valence-electron chi connectivity index (χ4n) is 2.32. The molecule has 3 heterocycles. The van der Waals surface area contributed by atoms with Crippen molar-refractivity contribution in [2.24, 2.45) is 0 Å². The van der Waals surface area contributed by atoms with Crippen LogP contribution in [0.4, 0.5) is 11.6 Å². The number of aliphatic hydroxyl groups is 1. The summed E-state index contributed by atoms with van der Waals surface area (Å²) in [5, 5.41) is 22.4. The number of anilines is 2. The van der Waals surface area contributed by atoms with Crippen LogP contribution < -0.4 is 5.32 Å². The van der Waals surface area contributed by atoms with E-state index in [-0.39, 0.29) is 12.8 Å². The van der Waals surface area contributed by atoms with E-state index in [9.17, 15) is 9.90 Å². The Morgan fingerprint density at radius 2 is 2.12 bits per heavy atom. The average Bonchev–Trinajstić information content (AvgIpc) is 3.10. The first kappa shape index (κ1) is 18.0. The van der Waals surface area contributed by atoms with Crippen LogP contribution in [0.1, 0.15) is 29.5 Å². The SMILES string of the molecule is Cc1ccnc(Nc2cccc(-c3cnc([C@@H](O)CCC(=O)O)s3)n2)c1. The van der Waals surface area contributed by atoms with E-state index in [4.69, 9.17) is 5.11 Å². The van der Waals surface area contributed by atoms with Crippen molar-refractivity contribution in [3.05, 3.63) is 53.3 Å². The van der Waals surface area contributed by atoms with E-state index in [1.165, 1.54) is 11.3 Å². The Hall–Kier alpha value is -2.84. The molecule has 0 unspecified atom stereocenters. The molecule has 0 aliphatic heterocycles. The Bertz CT molecular complexity index is 913. The lowest BCUT2D eigenvalue weighted by Gasteiger charge is -2.06. The third-order valence-corrected chi connectivity index (χ3v) is 4.73. The number of nitrogens with one attached hydrogen (secondary N) is 1. The molecule has 0 aliphatic carbocycles. The van der Waals surface area contributed by atoms with Crippen molar-refractivity contribution in [1.29, 1.82) is 0 Å². The maximum atomic E-state index is 10.6. The molecule has 0 aromatic carbocycles. The van der Waals surface area contributed by atoms with Gasteiger partial charge in [-0.3, -0.25) is 4.79 Å². The highest BCUT2D eigenvalue weighted by Crippen LogP contribution is 2.30. The van der Waals surface area contributed by atoms with Gasteiger partial charge in [0.25, 0.3) is 0 Å². The summed E-state index contributed by atoms with van der Waals surface area (Å²) in [6.45, 7) is 1.99. The van der Waals surface area contributed by atoms with Crippen molar-refractivity contribution in [2.75, 3.05) is 5.32 Å². The molecule has 0 saturated carbocycles. The molecule has 3 N–H and O–H groups in total. The normalized spacial score (nSPS) is 11.9. The standard InChI is InChI=1S/C18H18N4O3S/c1-11-7-8-19-16(9-11)22-15-4-2-3-12(21-15)14-10-20-18(26-14)13(23)5-6-17(24)25/h2-4,7-10,13,23H,5-6H2,1H3,(H,24,25)(H,19,21,22)/t13-/m0/s1. The zero-order valence-corrected chi connectivity index (χ0v) is 14.9. The van der Waals surface area contributed by atoms with E-state index in [0.29, 0.717) is 16.6 Å². The fourth-order valence-corrected chi connectivity index (χ4v) is 3.23. The molecular formula is C18H18N4O3S. The van der Waals surface area contributed by atoms with E-state index >= 15 is 0 Å². The number of hydrogen-bond acceptors (Lipinski definition) is 7. The summed E-state index contributed by atoms with van der Waals surface area (Å²) < 4.78 is 0. The maximum Gasteiger partial charge on any atom is 0.303 e. The number of pyridine rings is 2. The van der Waals surface area contributed by atoms with Crippen molar-refractivity contribution in [1.82, 2.24) is 15.0 Å². The summed E-state index contributed by atoms with van der Waals surface area (Å²) in [4.78, 5) is 24.4. The van der Waals surface area contributed by atoms with E-state index in [1.54, 1.807) is 12.4 Å². The lowest BCUT2D eigenvalue weighted by molar-refractivity contribution is -0.137. The first-order chi connectivity index (χ1) is 12.5. The molecule has 0 amide bonds. The van der Waals surface area contributed by atoms with E-state index in [0.717, 1.165) is 16.1 Å². The molecular weight excluding hydrogens is 352 g/mol. The maximum absolute atomic E-state index is 10.6. The van der Waals surface area contributed by atoms with Gasteiger partial charge in [0.1, 0.15) is 22.7 Å². The zero-order chi connectivity index (χ0) is 18.5. The predicted octanol–water partition coefficient (Wildman–Crippen LogP) is 3.55. The monoisotopic (exact) mass is 370 g/mol. The Kier molecular flexibility index (Phi) is 5.55. The Balaban J connectivity index is 1.75. The number of carbonyl (C=O) groups is 1. The first-order valence-corrected chi connectivity index (χ1v) is 8.85. The molecule has 0 saturated heterocycles. The molecule has 3 aromatic rings. The van der Waals surface area contributed by atoms with Gasteiger partial charge in [0, 0.05) is 18.8 Å². The van der Waals surface area contributed by atoms with Gasteiger partial charge in [-0.05, 0) is 43.2 Å². The smallest absolute Gasteiger partial charge is 0.303 e. The van der Waals surface area contributed by atoms with Crippen LogP contribution >= 0.6 is 11.3 Å². The lowest BCUT2D eigenvalue weighted by Crippen LogP contribution is -2.01. The summed E-state index contributed by atoms with van der Waals surface area (Å²) in [6, 6.07) is 9.43. The van der Waals surface area contributed by atoms with Crippen molar-refractivity contribution in [3.63, 3.8) is 0 Å². The van der Waals surface area contributed by atoms with Gasteiger partial charge in [-0.2, -0.15) is 0 Å². The molecule has 1 atom stereocenters. The number of rotatable bonds is 7. The Morgan fingerprint density at radius 3 is 2.88 bits per heavy atom. The summed E-state index contributed by atoms with van der Waals surface area (Å²) in [6.07, 6.45) is 2.52. The summed E-state index contributed by atoms with van der Waals surface area (Å²) >= 11 is 1.30. The Morgan fingerprint density at radius 1 is 1.27 bits per heavy atom. The number of aromatic nitrogens is 3. The molecule has 8 heteroatoms. The number of hydrogen-bond donors (Lipinski definition) is 3. The highest BCUT2D eigenvalue weighted by Gasteiger charge is 2.15. The molecule has 0 radical (unpaired) electrons. The minimum Gasteiger partial charge on any atom is -0.481 e. The van der Waals surface area contributed by atoms with Crippen LogP contribution in [0, 0.1) is 6.92 Å². The highest BCUT2D eigenvalue weighted by atomic mass is 32.1. The molecule has 7 nitrogen and oxygen atoms in total. The van der Waals surface area contributed by atoms with Gasteiger partial charge in [0.15, 0.2) is 0 Å². The summed E-state index contributed by atoms with van der Waals surface area (Å²) in [5.41, 5.74) is 1.82. The van der Waals surface area contributed by atoms with Gasteiger partial charge in [-0.1, -0.05) is 6.07 Å². The minimum absolute atomic E-state index is 0.1000. The minimum atomic E-state index is -0.939. The van der Waals surface area contributed by atoms with Crippen LogP contribution in [-0.4, -0.2) is 31.1 Å². The highest BCUT2D eigenvalue weighted by molar-refractivity contribution is 7.15. The van der Waals surface area contributed by atoms with E-state index in [1.807, 2.05) is 37.3 Å². The quantitative estimate of drug-likeness (QED) is 0.583. The second-order valence-electron chi connectivity index (χ2n) is 5.76. The van der Waals surface area contributed by atoms with Crippen LogP contribution in [-0.2, 0) is 4.79 Å². The molecule has 3 rings (SSSR count). The molecule has 0 bridgehead atoms. The van der Waals surface area contributed by atoms with Crippen LogP contribution in [0.15, 0.2) is 42.7 Å². The van der Waals surface area contributed by atoms with E-state index < -0.39 is 12.1 Å². The van der Waals surface area contributed by atoms with Gasteiger partial charge in [-0.25, -0.2) is 15.0 Å². The number of nitrogens with zero attached hydrogens (tertiary/aromatic N) is 3. The topological polar surface area (TPSA) is 108 Å². The largest absolute Gasteiger partial charge is 0.481 e. The number of thiazole rings is 1. The lowest BCUT2D eigenvalue weighted by atomic mass is 10.2. The number of aryl methyl sites for hydroxylation is 1. The molecule has 0 spiro atoms. The van der Waals surface area contributed by atoms with E-state index in [2.05, 4.69) is 20.3 Å². The van der Waals surface area contributed by atoms with Gasteiger partial charge < -0.3 is 15.5 Å². The van der Waals surface area contributed by atoms with Crippen molar-refractivity contribution < 1.29 is 15.0 Å². The predicted molar refractivity (Wildman–Crippen MR) is 99.4 cm³/mol. The second kappa shape index (κ2) is 8.03. The molecule has 26 heavy (non-hydrogen) atoms. The fraction of sp³-hybridized carbons (Fsp3) is 0.222. The van der Waals surface area contributed by atoms with Crippen molar-refractivity contribution in [3.8, 4) is 10.6 Å². The number of aliphatic hydroxyl groups excluding tert-OH is 1. The van der Waals surface area contributed by atoms with Crippen LogP contribution in [0.5, 0.6) is 0 Å². The molecule has 134 valence electrons. The molecule has 0 fully saturated rings. The third-order valence-electron chi connectivity index (χ3n) is 3.61. The summed E-state index contributed by atoms with van der Waals surface area (Å²) in [5.74, 6) is 0.428. The Labute approximate surface area is 154 Å². The van der Waals surface area contributed by atoms with Gasteiger partial charge in [-0.15, -0.1) is 11.3 Å². The third kappa shape index (κ3) is 4.62. The van der Waals surface area contributed by atoms with Crippen LogP contribution in [0.3, 0.4) is 0 Å². The first-order valence-electron chi connectivity index (χ1n) is 8.04. The van der Waals surface area contributed by atoms with Crippen molar-refractivity contribution in [2.45, 2.75) is 25.9 Å². The van der Waals surface area contributed by atoms with Crippen molar-refractivity contribution >= 4 is 28.9 Å². The second-order valence-corrected chi connectivity index (χ2v) is 6.82. The molecule has 3 aromatic heterocycles. The summed E-state index contributed by atoms with van der Waals surface area (Å²) in [7, 11) is 0. The van der Waals surface area contributed by atoms with Crippen LogP contribution in [0.2, 0.25) is 0 Å². The average molecular weight is 370 g/mol. The van der Waals surface area contributed by atoms with Gasteiger partial charge in [0.05, 0.1) is 10.6 Å².